The molecule has 196 valence electrons. The first kappa shape index (κ1) is 31.1. The summed E-state index contributed by atoms with van der Waals surface area (Å²) in [7, 11) is 0. The van der Waals surface area contributed by atoms with Gasteiger partial charge in [-0.2, -0.15) is 0 Å². The first-order valence-electron chi connectivity index (χ1n) is 11.7. The van der Waals surface area contributed by atoms with Gasteiger partial charge in [-0.05, 0) is 51.5 Å². The van der Waals surface area contributed by atoms with Gasteiger partial charge in [0.1, 0.15) is 18.1 Å². The molecule has 34 heavy (non-hydrogen) atoms. The molecule has 0 aromatic rings. The Labute approximate surface area is 201 Å². The number of guanidine groups is 1. The lowest BCUT2D eigenvalue weighted by atomic mass is 9.97. The summed E-state index contributed by atoms with van der Waals surface area (Å²) < 4.78 is 0. The summed E-state index contributed by atoms with van der Waals surface area (Å²) in [4.78, 5) is 53.4. The molecule has 0 unspecified atom stereocenters. The van der Waals surface area contributed by atoms with Crippen molar-refractivity contribution < 1.29 is 19.2 Å². The van der Waals surface area contributed by atoms with Crippen molar-refractivity contribution in [1.29, 1.82) is 0 Å². The Bertz CT molecular complexity index is 698. The molecule has 13 heteroatoms. The Morgan fingerprint density at radius 1 is 0.853 bits per heavy atom. The average Bonchev–Trinajstić information content (AvgIpc) is 2.78. The lowest BCUT2D eigenvalue weighted by molar-refractivity contribution is -0.134. The molecule has 0 aliphatic rings. The summed E-state index contributed by atoms with van der Waals surface area (Å²) in [6.07, 6.45) is 3.09. The number of rotatable bonds is 17. The van der Waals surface area contributed by atoms with E-state index >= 15 is 0 Å². The molecule has 0 fully saturated rings. The van der Waals surface area contributed by atoms with E-state index in [-0.39, 0.29) is 11.9 Å². The summed E-state index contributed by atoms with van der Waals surface area (Å²) >= 11 is 0. The van der Waals surface area contributed by atoms with Crippen LogP contribution in [0, 0.1) is 5.92 Å². The minimum absolute atomic E-state index is 0.0408. The molecule has 0 rings (SSSR count). The van der Waals surface area contributed by atoms with E-state index in [0.29, 0.717) is 51.6 Å². The Hall–Kier alpha value is -2.93. The number of unbranched alkanes of at least 4 members (excludes halogenated alkanes) is 1. The highest BCUT2D eigenvalue weighted by molar-refractivity contribution is 5.94. The second-order valence-corrected chi connectivity index (χ2v) is 8.41. The summed E-state index contributed by atoms with van der Waals surface area (Å²) in [5.41, 5.74) is 27.2. The van der Waals surface area contributed by atoms with Crippen molar-refractivity contribution >= 4 is 29.6 Å². The van der Waals surface area contributed by atoms with Crippen LogP contribution >= 0.6 is 0 Å². The molecule has 13 nitrogen and oxygen atoms in total. The minimum atomic E-state index is -0.938. The van der Waals surface area contributed by atoms with Gasteiger partial charge in [-0.15, -0.1) is 0 Å². The van der Waals surface area contributed by atoms with E-state index < -0.39 is 47.8 Å². The van der Waals surface area contributed by atoms with Gasteiger partial charge in [0.05, 0.1) is 6.04 Å². The molecule has 0 aromatic heterocycles. The van der Waals surface area contributed by atoms with Gasteiger partial charge in [-0.3, -0.25) is 24.2 Å². The highest BCUT2D eigenvalue weighted by Gasteiger charge is 2.31. The smallest absolute Gasteiger partial charge is 0.243 e. The number of nitrogens with one attached hydrogen (secondary N) is 3. The number of nitrogens with zero attached hydrogens (tertiary/aromatic N) is 1. The molecule has 0 saturated heterocycles. The summed E-state index contributed by atoms with van der Waals surface area (Å²) in [5.74, 6) is -2.52. The fourth-order valence-electron chi connectivity index (χ4n) is 3.06. The normalized spacial score (nSPS) is 15.2. The van der Waals surface area contributed by atoms with Gasteiger partial charge in [0.15, 0.2) is 5.96 Å². The minimum Gasteiger partial charge on any atom is -0.370 e. The largest absolute Gasteiger partial charge is 0.370 e. The standard InChI is InChI=1S/C21H43N9O4/c1-4-12(2)16(20(34)29-15(17(24)31)9-5-6-10-22)30-18(32)13(3)28-19(33)14(23)8-7-11-27-21(25)26/h12-16H,4-11,22-23H2,1-3H3,(H2,24,31)(H,28,33)(H,29,34)(H,30,32)(H4,25,26,27)/t12-,13-,14-,15-,16-/m0/s1. The third kappa shape index (κ3) is 12.3. The van der Waals surface area contributed by atoms with Crippen LogP contribution in [-0.4, -0.2) is 66.8 Å². The molecule has 0 aromatic carbocycles. The van der Waals surface area contributed by atoms with Crippen LogP contribution < -0.4 is 44.6 Å². The van der Waals surface area contributed by atoms with E-state index in [1.165, 1.54) is 6.92 Å². The molecular weight excluding hydrogens is 442 g/mol. The Morgan fingerprint density at radius 2 is 1.50 bits per heavy atom. The zero-order valence-electron chi connectivity index (χ0n) is 20.5. The van der Waals surface area contributed by atoms with Gasteiger partial charge in [-0.25, -0.2) is 0 Å². The first-order valence-corrected chi connectivity index (χ1v) is 11.7. The summed E-state index contributed by atoms with van der Waals surface area (Å²) in [5, 5.41) is 7.83. The number of amides is 4. The quantitative estimate of drug-likeness (QED) is 0.0619. The molecule has 0 aliphatic heterocycles. The molecule has 0 heterocycles. The molecule has 13 N–H and O–H groups in total. The second-order valence-electron chi connectivity index (χ2n) is 8.41. The van der Waals surface area contributed by atoms with Crippen LogP contribution in [0.2, 0.25) is 0 Å². The van der Waals surface area contributed by atoms with Gasteiger partial charge >= 0.3 is 0 Å². The number of carbonyl (C=O) groups is 4. The number of nitrogens with two attached hydrogens (primary N) is 5. The molecule has 0 spiro atoms. The predicted molar refractivity (Wildman–Crippen MR) is 131 cm³/mol. The third-order valence-corrected chi connectivity index (χ3v) is 5.46. The lowest BCUT2D eigenvalue weighted by Crippen LogP contribution is -2.58. The van der Waals surface area contributed by atoms with Crippen LogP contribution in [0.1, 0.15) is 59.3 Å². The number of hydrogen-bond acceptors (Lipinski definition) is 7. The van der Waals surface area contributed by atoms with Crippen molar-refractivity contribution in [3.63, 3.8) is 0 Å². The van der Waals surface area contributed by atoms with Gasteiger partial charge in [0.2, 0.25) is 23.6 Å². The van der Waals surface area contributed by atoms with Crippen LogP contribution in [0.4, 0.5) is 0 Å². The number of aliphatic imine (C=N–C) groups is 1. The summed E-state index contributed by atoms with van der Waals surface area (Å²) in [6, 6.07) is -3.56. The van der Waals surface area contributed by atoms with E-state index in [1.807, 2.05) is 6.92 Å². The number of primary amides is 1. The van der Waals surface area contributed by atoms with E-state index in [4.69, 9.17) is 28.7 Å². The van der Waals surface area contributed by atoms with Gasteiger partial charge in [0.25, 0.3) is 0 Å². The molecule has 0 saturated carbocycles. The van der Waals surface area contributed by atoms with Gasteiger partial charge in [0, 0.05) is 6.54 Å². The van der Waals surface area contributed by atoms with E-state index in [0.717, 1.165) is 0 Å². The van der Waals surface area contributed by atoms with Crippen molar-refractivity contribution in [1.82, 2.24) is 16.0 Å². The van der Waals surface area contributed by atoms with Crippen LogP contribution in [0.15, 0.2) is 4.99 Å². The van der Waals surface area contributed by atoms with Crippen molar-refractivity contribution in [2.45, 2.75) is 83.5 Å². The monoisotopic (exact) mass is 485 g/mol. The zero-order chi connectivity index (χ0) is 26.3. The van der Waals surface area contributed by atoms with Crippen molar-refractivity contribution in [3.8, 4) is 0 Å². The Balaban J connectivity index is 5.00. The maximum absolute atomic E-state index is 12.9. The van der Waals surface area contributed by atoms with E-state index in [2.05, 4.69) is 20.9 Å². The fourth-order valence-corrected chi connectivity index (χ4v) is 3.06. The molecule has 0 radical (unpaired) electrons. The number of carbonyl (C=O) groups excluding carboxylic acids is 4. The van der Waals surface area contributed by atoms with Crippen molar-refractivity contribution in [3.05, 3.63) is 0 Å². The fraction of sp³-hybridized carbons (Fsp3) is 0.762. The molecular formula is C21H43N9O4. The average molecular weight is 486 g/mol. The van der Waals surface area contributed by atoms with Crippen molar-refractivity contribution in [2.75, 3.05) is 13.1 Å². The SMILES string of the molecule is CC[C@H](C)[C@H](NC(=O)[C@H](C)NC(=O)[C@@H](N)CCCN=C(N)N)C(=O)N[C@@H](CCCCN)C(N)=O. The maximum atomic E-state index is 12.9. The highest BCUT2D eigenvalue weighted by Crippen LogP contribution is 2.10. The number of hydrogen-bond donors (Lipinski definition) is 8. The van der Waals surface area contributed by atoms with Crippen LogP contribution in [-0.2, 0) is 19.2 Å². The van der Waals surface area contributed by atoms with E-state index in [1.54, 1.807) is 6.92 Å². The Morgan fingerprint density at radius 3 is 2.03 bits per heavy atom. The molecule has 5 atom stereocenters. The lowest BCUT2D eigenvalue weighted by Gasteiger charge is -2.27. The highest BCUT2D eigenvalue weighted by atomic mass is 16.2. The molecule has 4 amide bonds. The van der Waals surface area contributed by atoms with Gasteiger partial charge in [-0.1, -0.05) is 20.3 Å². The van der Waals surface area contributed by atoms with E-state index in [9.17, 15) is 19.2 Å². The van der Waals surface area contributed by atoms with Crippen LogP contribution in [0.25, 0.3) is 0 Å². The zero-order valence-corrected chi connectivity index (χ0v) is 20.5. The van der Waals surface area contributed by atoms with Crippen LogP contribution in [0.5, 0.6) is 0 Å². The summed E-state index contributed by atoms with van der Waals surface area (Å²) in [6.45, 7) is 5.96. The Kier molecular flexibility index (Phi) is 15.2. The first-order chi connectivity index (χ1) is 15.9. The predicted octanol–water partition coefficient (Wildman–Crippen LogP) is -2.50. The third-order valence-electron chi connectivity index (χ3n) is 5.46. The van der Waals surface area contributed by atoms with Crippen molar-refractivity contribution in [2.24, 2.45) is 39.6 Å². The maximum Gasteiger partial charge on any atom is 0.243 e. The molecule has 0 bridgehead atoms. The van der Waals surface area contributed by atoms with Gasteiger partial charge < -0.3 is 44.6 Å². The van der Waals surface area contributed by atoms with Crippen LogP contribution in [0.3, 0.4) is 0 Å². The molecule has 0 aliphatic carbocycles. The second kappa shape index (κ2) is 16.6. The topological polar surface area (TPSA) is 247 Å².